The summed E-state index contributed by atoms with van der Waals surface area (Å²) < 4.78 is 43.6. The number of carbonyl (C=O) groups excluding carboxylic acids is 1. The molecule has 1 aliphatic heterocycles. The van der Waals surface area contributed by atoms with Crippen LogP contribution in [0.5, 0.6) is 0 Å². The molecule has 1 aromatic heterocycles. The summed E-state index contributed by atoms with van der Waals surface area (Å²) in [6.07, 6.45) is 2.44. The number of rotatable bonds is 5. The van der Waals surface area contributed by atoms with Crippen LogP contribution < -0.4 is 15.5 Å². The van der Waals surface area contributed by atoms with Crippen molar-refractivity contribution in [3.8, 4) is 12.3 Å². The zero-order chi connectivity index (χ0) is 20.9. The summed E-state index contributed by atoms with van der Waals surface area (Å²) in [5, 5.41) is 5.24. The highest BCUT2D eigenvalue weighted by Crippen LogP contribution is 2.30. The SMILES string of the molecule is C#Cc1cnc(N2CCOCC2)nc1NCC(=O)Nc1cccc(C(F)(F)F)c1. The molecule has 0 bridgehead atoms. The number of morpholine rings is 1. The number of ether oxygens (including phenoxy) is 1. The van der Waals surface area contributed by atoms with Crippen molar-refractivity contribution in [2.45, 2.75) is 6.18 Å². The molecule has 10 heteroatoms. The van der Waals surface area contributed by atoms with Gasteiger partial charge in [-0.15, -0.1) is 6.42 Å². The van der Waals surface area contributed by atoms with Crippen LogP contribution in [0.4, 0.5) is 30.6 Å². The smallest absolute Gasteiger partial charge is 0.378 e. The minimum atomic E-state index is -4.49. The van der Waals surface area contributed by atoms with Crippen LogP contribution >= 0.6 is 0 Å². The molecule has 2 N–H and O–H groups in total. The van der Waals surface area contributed by atoms with Gasteiger partial charge >= 0.3 is 6.18 Å². The first kappa shape index (κ1) is 20.4. The van der Waals surface area contributed by atoms with Gasteiger partial charge in [0.05, 0.1) is 37.1 Å². The zero-order valence-corrected chi connectivity index (χ0v) is 15.3. The van der Waals surface area contributed by atoms with Crippen molar-refractivity contribution in [3.63, 3.8) is 0 Å². The van der Waals surface area contributed by atoms with Gasteiger partial charge in [0.15, 0.2) is 0 Å². The molecule has 29 heavy (non-hydrogen) atoms. The third-order valence-electron chi connectivity index (χ3n) is 4.12. The van der Waals surface area contributed by atoms with Gasteiger partial charge < -0.3 is 20.3 Å². The second kappa shape index (κ2) is 8.79. The Bertz CT molecular complexity index is 921. The molecular formula is C19H18F3N5O2. The lowest BCUT2D eigenvalue weighted by Crippen LogP contribution is -2.37. The van der Waals surface area contributed by atoms with Crippen LogP contribution in [0, 0.1) is 12.3 Å². The maximum atomic E-state index is 12.8. The fourth-order valence-corrected chi connectivity index (χ4v) is 2.67. The largest absolute Gasteiger partial charge is 0.416 e. The van der Waals surface area contributed by atoms with Crippen LogP contribution in [0.2, 0.25) is 0 Å². The van der Waals surface area contributed by atoms with Crippen molar-refractivity contribution in [1.29, 1.82) is 0 Å². The van der Waals surface area contributed by atoms with Crippen molar-refractivity contribution in [3.05, 3.63) is 41.6 Å². The number of hydrogen-bond donors (Lipinski definition) is 2. The molecule has 1 aliphatic rings. The van der Waals surface area contributed by atoms with E-state index in [1.54, 1.807) is 0 Å². The number of nitrogens with one attached hydrogen (secondary N) is 2. The first-order valence-electron chi connectivity index (χ1n) is 8.74. The summed E-state index contributed by atoms with van der Waals surface area (Å²) in [5.74, 6) is 2.64. The summed E-state index contributed by atoms with van der Waals surface area (Å²) in [5.41, 5.74) is -0.432. The Morgan fingerprint density at radius 1 is 1.31 bits per heavy atom. The molecule has 0 atom stereocenters. The van der Waals surface area contributed by atoms with Crippen molar-refractivity contribution in [2.75, 3.05) is 48.4 Å². The molecule has 1 amide bonds. The Balaban J connectivity index is 1.66. The number of alkyl halides is 3. The van der Waals surface area contributed by atoms with Crippen molar-refractivity contribution in [1.82, 2.24) is 9.97 Å². The quantitative estimate of drug-likeness (QED) is 0.744. The van der Waals surface area contributed by atoms with Gasteiger partial charge in [0.25, 0.3) is 0 Å². The van der Waals surface area contributed by atoms with Gasteiger partial charge in [0.2, 0.25) is 11.9 Å². The number of terminal acetylenes is 1. The Morgan fingerprint density at radius 3 is 2.76 bits per heavy atom. The van der Waals surface area contributed by atoms with Gasteiger partial charge in [0.1, 0.15) is 5.82 Å². The summed E-state index contributed by atoms with van der Waals surface area (Å²) in [7, 11) is 0. The highest BCUT2D eigenvalue weighted by atomic mass is 19.4. The average Bonchev–Trinajstić information content (AvgIpc) is 2.72. The number of hydrogen-bond acceptors (Lipinski definition) is 6. The highest BCUT2D eigenvalue weighted by molar-refractivity contribution is 5.93. The highest BCUT2D eigenvalue weighted by Gasteiger charge is 2.30. The van der Waals surface area contributed by atoms with E-state index in [0.717, 1.165) is 12.1 Å². The van der Waals surface area contributed by atoms with Gasteiger partial charge in [-0.25, -0.2) is 4.98 Å². The van der Waals surface area contributed by atoms with E-state index in [1.165, 1.54) is 18.3 Å². The minimum Gasteiger partial charge on any atom is -0.378 e. The van der Waals surface area contributed by atoms with Crippen LogP contribution in [0.25, 0.3) is 0 Å². The van der Waals surface area contributed by atoms with Crippen LogP contribution in [-0.4, -0.2) is 48.7 Å². The van der Waals surface area contributed by atoms with Crippen LogP contribution in [0.3, 0.4) is 0 Å². The van der Waals surface area contributed by atoms with E-state index in [0.29, 0.717) is 43.6 Å². The van der Waals surface area contributed by atoms with E-state index in [2.05, 4.69) is 26.5 Å². The van der Waals surface area contributed by atoms with E-state index < -0.39 is 17.6 Å². The molecule has 0 unspecified atom stereocenters. The van der Waals surface area contributed by atoms with E-state index in [4.69, 9.17) is 11.2 Å². The second-order valence-electron chi connectivity index (χ2n) is 6.16. The summed E-state index contributed by atoms with van der Waals surface area (Å²) in [6, 6.07) is 4.40. The van der Waals surface area contributed by atoms with Gasteiger partial charge in [-0.05, 0) is 18.2 Å². The molecule has 7 nitrogen and oxygen atoms in total. The van der Waals surface area contributed by atoms with E-state index in [1.807, 2.05) is 4.90 Å². The monoisotopic (exact) mass is 405 g/mol. The molecule has 1 fully saturated rings. The Labute approximate surface area is 165 Å². The predicted octanol–water partition coefficient (Wildman–Crippen LogP) is 2.36. The van der Waals surface area contributed by atoms with Gasteiger partial charge in [-0.1, -0.05) is 12.0 Å². The zero-order valence-electron chi connectivity index (χ0n) is 15.3. The third kappa shape index (κ3) is 5.36. The summed E-state index contributed by atoms with van der Waals surface area (Å²) in [6.45, 7) is 2.14. The maximum Gasteiger partial charge on any atom is 0.416 e. The minimum absolute atomic E-state index is 0.0421. The number of halogens is 3. The molecular weight excluding hydrogens is 387 g/mol. The standard InChI is InChI=1S/C19H18F3N5O2/c1-2-13-11-24-18(27-6-8-29-9-7-27)26-17(13)23-12-16(28)25-15-5-3-4-14(10-15)19(20,21)22/h1,3-5,10-11H,6-9,12H2,(H,25,28)(H,23,24,26). The first-order valence-corrected chi connectivity index (χ1v) is 8.74. The maximum absolute atomic E-state index is 12.8. The Hall–Kier alpha value is -3.32. The fraction of sp³-hybridized carbons (Fsp3) is 0.316. The lowest BCUT2D eigenvalue weighted by Gasteiger charge is -2.27. The topological polar surface area (TPSA) is 79.4 Å². The molecule has 0 radical (unpaired) electrons. The van der Waals surface area contributed by atoms with Gasteiger partial charge in [0, 0.05) is 18.8 Å². The Kier molecular flexibility index (Phi) is 6.19. The number of amides is 1. The fourth-order valence-electron chi connectivity index (χ4n) is 2.67. The van der Waals surface area contributed by atoms with Crippen LogP contribution in [0.15, 0.2) is 30.5 Å². The van der Waals surface area contributed by atoms with E-state index in [9.17, 15) is 18.0 Å². The first-order chi connectivity index (χ1) is 13.9. The molecule has 0 aliphatic carbocycles. The summed E-state index contributed by atoms with van der Waals surface area (Å²) in [4.78, 5) is 22.7. The second-order valence-corrected chi connectivity index (χ2v) is 6.16. The number of aromatic nitrogens is 2. The molecule has 152 valence electrons. The average molecular weight is 405 g/mol. The predicted molar refractivity (Wildman–Crippen MR) is 102 cm³/mol. The van der Waals surface area contributed by atoms with Crippen LogP contribution in [-0.2, 0) is 15.7 Å². The molecule has 3 rings (SSSR count). The molecule has 2 heterocycles. The number of anilines is 3. The van der Waals surface area contributed by atoms with E-state index >= 15 is 0 Å². The Morgan fingerprint density at radius 2 is 2.07 bits per heavy atom. The van der Waals surface area contributed by atoms with E-state index in [-0.39, 0.29) is 12.2 Å². The number of nitrogens with zero attached hydrogens (tertiary/aromatic N) is 3. The lowest BCUT2D eigenvalue weighted by atomic mass is 10.2. The summed E-state index contributed by atoms with van der Waals surface area (Å²) >= 11 is 0. The van der Waals surface area contributed by atoms with Crippen LogP contribution in [0.1, 0.15) is 11.1 Å². The third-order valence-corrected chi connectivity index (χ3v) is 4.12. The lowest BCUT2D eigenvalue weighted by molar-refractivity contribution is -0.137. The molecule has 2 aromatic rings. The van der Waals surface area contributed by atoms with Crippen molar-refractivity contribution < 1.29 is 22.7 Å². The molecule has 0 spiro atoms. The van der Waals surface area contributed by atoms with Gasteiger partial charge in [-0.3, -0.25) is 4.79 Å². The molecule has 1 saturated heterocycles. The normalized spacial score (nSPS) is 14.2. The van der Waals surface area contributed by atoms with Gasteiger partial charge in [-0.2, -0.15) is 18.2 Å². The number of carbonyl (C=O) groups is 1. The molecule has 1 aromatic carbocycles. The number of benzene rings is 1. The van der Waals surface area contributed by atoms with Crippen molar-refractivity contribution in [2.24, 2.45) is 0 Å². The molecule has 0 saturated carbocycles. The van der Waals surface area contributed by atoms with Crippen molar-refractivity contribution >= 4 is 23.4 Å².